The molecule has 1 unspecified atom stereocenters. The Morgan fingerprint density at radius 3 is 2.38 bits per heavy atom. The van der Waals surface area contributed by atoms with E-state index in [1.54, 1.807) is 13.8 Å². The first-order valence-corrected chi connectivity index (χ1v) is 6.39. The molecule has 96 valence electrons. The van der Waals surface area contributed by atoms with E-state index in [0.717, 1.165) is 0 Å². The summed E-state index contributed by atoms with van der Waals surface area (Å²) in [5, 5.41) is 17.2. The molecule has 8 heteroatoms. The minimum Gasteiger partial charge on any atom is -0.480 e. The zero-order valence-electron chi connectivity index (χ0n) is 9.21. The minimum atomic E-state index is -3.75. The smallest absolute Gasteiger partial charge is 0.324 e. The third kappa shape index (κ3) is 6.72. The highest BCUT2D eigenvalue weighted by atomic mass is 32.2. The van der Waals surface area contributed by atoms with Gasteiger partial charge in [0.25, 0.3) is 0 Å². The lowest BCUT2D eigenvalue weighted by Crippen LogP contribution is -2.44. The number of nitrogens with one attached hydrogen (secondary N) is 1. The molecule has 0 aromatic carbocycles. The lowest BCUT2D eigenvalue weighted by Gasteiger charge is -2.13. The number of ether oxygens (including phenoxy) is 1. The van der Waals surface area contributed by atoms with Gasteiger partial charge in [0.1, 0.15) is 6.04 Å². The van der Waals surface area contributed by atoms with Crippen molar-refractivity contribution in [1.29, 1.82) is 0 Å². The van der Waals surface area contributed by atoms with E-state index in [1.165, 1.54) is 0 Å². The SMILES string of the molecule is CC(C)OCCS(=O)(=O)NC(CO)C(=O)O. The molecule has 0 saturated heterocycles. The standard InChI is InChI=1S/C8H17NO6S/c1-6(2)15-3-4-16(13,14)9-7(5-10)8(11)12/h6-7,9-10H,3-5H2,1-2H3,(H,11,12). The van der Waals surface area contributed by atoms with Crippen LogP contribution >= 0.6 is 0 Å². The summed E-state index contributed by atoms with van der Waals surface area (Å²) >= 11 is 0. The van der Waals surface area contributed by atoms with E-state index >= 15 is 0 Å². The number of aliphatic carboxylic acids is 1. The Morgan fingerprint density at radius 2 is 2.00 bits per heavy atom. The molecule has 0 rings (SSSR count). The number of hydrogen-bond donors (Lipinski definition) is 3. The second-order valence-electron chi connectivity index (χ2n) is 3.43. The zero-order valence-corrected chi connectivity index (χ0v) is 10.0. The number of carboxylic acid groups (broad SMARTS) is 1. The van der Waals surface area contributed by atoms with E-state index in [1.807, 2.05) is 4.72 Å². The molecule has 0 aliphatic heterocycles. The fraction of sp³-hybridized carbons (Fsp3) is 0.875. The Labute approximate surface area is 94.5 Å². The summed E-state index contributed by atoms with van der Waals surface area (Å²) in [5.74, 6) is -1.76. The van der Waals surface area contributed by atoms with Crippen LogP contribution in [0.15, 0.2) is 0 Å². The average molecular weight is 255 g/mol. The number of carbonyl (C=O) groups is 1. The molecule has 0 heterocycles. The van der Waals surface area contributed by atoms with Crippen LogP contribution in [0.4, 0.5) is 0 Å². The van der Waals surface area contributed by atoms with Crippen LogP contribution in [0.25, 0.3) is 0 Å². The number of aliphatic hydroxyl groups is 1. The van der Waals surface area contributed by atoms with Gasteiger partial charge < -0.3 is 14.9 Å². The molecule has 0 saturated carbocycles. The first-order chi connectivity index (χ1) is 7.28. The van der Waals surface area contributed by atoms with Gasteiger partial charge in [0.15, 0.2) is 0 Å². The summed E-state index contributed by atoms with van der Waals surface area (Å²) in [5.41, 5.74) is 0. The van der Waals surface area contributed by atoms with E-state index in [2.05, 4.69) is 0 Å². The first kappa shape index (κ1) is 15.3. The maximum Gasteiger partial charge on any atom is 0.324 e. The van der Waals surface area contributed by atoms with Crippen LogP contribution in [0.3, 0.4) is 0 Å². The molecule has 0 radical (unpaired) electrons. The quantitative estimate of drug-likeness (QED) is 0.501. The highest BCUT2D eigenvalue weighted by Gasteiger charge is 2.22. The Balaban J connectivity index is 4.18. The van der Waals surface area contributed by atoms with Gasteiger partial charge in [-0.15, -0.1) is 0 Å². The second kappa shape index (κ2) is 6.79. The van der Waals surface area contributed by atoms with Crippen LogP contribution in [0.2, 0.25) is 0 Å². The van der Waals surface area contributed by atoms with Crippen LogP contribution in [-0.2, 0) is 19.6 Å². The molecule has 0 fully saturated rings. The van der Waals surface area contributed by atoms with Gasteiger partial charge in [-0.1, -0.05) is 0 Å². The van der Waals surface area contributed by atoms with Crippen molar-refractivity contribution in [2.75, 3.05) is 19.0 Å². The zero-order chi connectivity index (χ0) is 12.8. The Hall–Kier alpha value is -0.700. The molecule has 0 bridgehead atoms. The summed E-state index contributed by atoms with van der Waals surface area (Å²) < 4.78 is 29.5. The van der Waals surface area contributed by atoms with E-state index in [0.29, 0.717) is 0 Å². The monoisotopic (exact) mass is 255 g/mol. The average Bonchev–Trinajstić information content (AvgIpc) is 2.12. The van der Waals surface area contributed by atoms with E-state index in [-0.39, 0.29) is 18.5 Å². The fourth-order valence-corrected chi connectivity index (χ4v) is 1.88. The van der Waals surface area contributed by atoms with Crippen LogP contribution < -0.4 is 4.72 Å². The van der Waals surface area contributed by atoms with Gasteiger partial charge in [0.2, 0.25) is 10.0 Å². The second-order valence-corrected chi connectivity index (χ2v) is 5.30. The highest BCUT2D eigenvalue weighted by molar-refractivity contribution is 7.89. The summed E-state index contributed by atoms with van der Waals surface area (Å²) in [4.78, 5) is 10.5. The van der Waals surface area contributed by atoms with E-state index in [4.69, 9.17) is 14.9 Å². The molecule has 0 aromatic rings. The maximum absolute atomic E-state index is 11.3. The Kier molecular flexibility index (Phi) is 6.49. The fourth-order valence-electron chi connectivity index (χ4n) is 0.835. The predicted molar refractivity (Wildman–Crippen MR) is 56.5 cm³/mol. The van der Waals surface area contributed by atoms with Crippen molar-refractivity contribution in [2.45, 2.75) is 26.0 Å². The number of hydrogen-bond acceptors (Lipinski definition) is 5. The Morgan fingerprint density at radius 1 is 1.44 bits per heavy atom. The molecule has 1 atom stereocenters. The number of aliphatic hydroxyl groups excluding tert-OH is 1. The van der Waals surface area contributed by atoms with Crippen LogP contribution in [0.1, 0.15) is 13.8 Å². The number of rotatable bonds is 8. The molecule has 3 N–H and O–H groups in total. The molecule has 7 nitrogen and oxygen atoms in total. The van der Waals surface area contributed by atoms with Crippen molar-refractivity contribution in [1.82, 2.24) is 4.72 Å². The van der Waals surface area contributed by atoms with Crippen molar-refractivity contribution < 1.29 is 28.2 Å². The van der Waals surface area contributed by atoms with Crippen molar-refractivity contribution in [3.05, 3.63) is 0 Å². The third-order valence-electron chi connectivity index (χ3n) is 1.61. The normalized spacial score (nSPS) is 14.0. The van der Waals surface area contributed by atoms with E-state index in [9.17, 15) is 13.2 Å². The van der Waals surface area contributed by atoms with E-state index < -0.39 is 28.6 Å². The topological polar surface area (TPSA) is 113 Å². The molecule has 0 aliphatic carbocycles. The summed E-state index contributed by atoms with van der Waals surface area (Å²) in [6.45, 7) is 2.70. The molecule has 0 aromatic heterocycles. The minimum absolute atomic E-state index is 0.0230. The van der Waals surface area contributed by atoms with Crippen LogP contribution in [0.5, 0.6) is 0 Å². The van der Waals surface area contributed by atoms with Crippen LogP contribution in [-0.4, -0.2) is 55.7 Å². The van der Waals surface area contributed by atoms with Crippen molar-refractivity contribution in [3.8, 4) is 0 Å². The Bertz CT molecular complexity index is 312. The summed E-state index contributed by atoms with van der Waals surface area (Å²) in [7, 11) is -3.75. The molecular weight excluding hydrogens is 238 g/mol. The maximum atomic E-state index is 11.3. The summed E-state index contributed by atoms with van der Waals surface area (Å²) in [6.07, 6.45) is -0.0942. The molecule has 0 aliphatic rings. The van der Waals surface area contributed by atoms with Crippen molar-refractivity contribution >= 4 is 16.0 Å². The van der Waals surface area contributed by atoms with Crippen molar-refractivity contribution in [3.63, 3.8) is 0 Å². The first-order valence-electron chi connectivity index (χ1n) is 4.73. The lowest BCUT2D eigenvalue weighted by molar-refractivity contribution is -0.139. The predicted octanol–water partition coefficient (Wildman–Crippen LogP) is -1.22. The third-order valence-corrected chi connectivity index (χ3v) is 2.95. The molecule has 16 heavy (non-hydrogen) atoms. The lowest BCUT2D eigenvalue weighted by atomic mass is 10.3. The number of carboxylic acids is 1. The van der Waals surface area contributed by atoms with Gasteiger partial charge in [-0.05, 0) is 13.8 Å². The van der Waals surface area contributed by atoms with Gasteiger partial charge in [-0.2, -0.15) is 4.72 Å². The van der Waals surface area contributed by atoms with Crippen LogP contribution in [0, 0.1) is 0 Å². The molecular formula is C8H17NO6S. The highest BCUT2D eigenvalue weighted by Crippen LogP contribution is 1.93. The van der Waals surface area contributed by atoms with Gasteiger partial charge in [0, 0.05) is 0 Å². The largest absolute Gasteiger partial charge is 0.480 e. The van der Waals surface area contributed by atoms with Gasteiger partial charge in [-0.3, -0.25) is 4.79 Å². The summed E-state index contributed by atoms with van der Waals surface area (Å²) in [6, 6.07) is -1.51. The van der Waals surface area contributed by atoms with Gasteiger partial charge in [-0.25, -0.2) is 8.42 Å². The van der Waals surface area contributed by atoms with Gasteiger partial charge in [0.05, 0.1) is 25.1 Å². The van der Waals surface area contributed by atoms with Gasteiger partial charge >= 0.3 is 5.97 Å². The molecule has 0 amide bonds. The van der Waals surface area contributed by atoms with Crippen molar-refractivity contribution in [2.24, 2.45) is 0 Å². The number of sulfonamides is 1. The molecule has 0 spiro atoms.